The first-order valence-corrected chi connectivity index (χ1v) is 8.70. The van der Waals surface area contributed by atoms with Crippen molar-refractivity contribution in [2.75, 3.05) is 6.61 Å². The zero-order chi connectivity index (χ0) is 17.5. The Balaban J connectivity index is 1.47. The monoisotopic (exact) mass is 346 g/mol. The predicted molar refractivity (Wildman–Crippen MR) is 96.0 cm³/mol. The van der Waals surface area contributed by atoms with Crippen molar-refractivity contribution in [3.05, 3.63) is 60.1 Å². The summed E-state index contributed by atoms with van der Waals surface area (Å²) >= 11 is 0. The van der Waals surface area contributed by atoms with Gasteiger partial charge in [-0.15, -0.1) is 10.2 Å². The maximum atomic E-state index is 5.67. The van der Waals surface area contributed by atoms with E-state index in [0.717, 1.165) is 54.2 Å². The van der Waals surface area contributed by atoms with Crippen molar-refractivity contribution in [2.45, 2.75) is 19.3 Å². The van der Waals surface area contributed by atoms with E-state index in [1.54, 1.807) is 11.0 Å². The summed E-state index contributed by atoms with van der Waals surface area (Å²) in [5, 5.41) is 12.6. The maximum Gasteiger partial charge on any atom is 0.171 e. The molecular weight excluding hydrogens is 328 g/mol. The van der Waals surface area contributed by atoms with E-state index in [0.29, 0.717) is 0 Å². The minimum absolute atomic E-state index is 0.778. The van der Waals surface area contributed by atoms with Crippen LogP contribution >= 0.6 is 0 Å². The van der Waals surface area contributed by atoms with Crippen LogP contribution in [0.3, 0.4) is 0 Å². The molecular formula is C19H18N6O. The molecule has 130 valence electrons. The summed E-state index contributed by atoms with van der Waals surface area (Å²) in [4.78, 5) is 4.69. The molecule has 0 atom stereocenters. The van der Waals surface area contributed by atoms with Gasteiger partial charge in [-0.2, -0.15) is 5.10 Å². The van der Waals surface area contributed by atoms with Crippen LogP contribution in [-0.2, 0) is 26.3 Å². The van der Waals surface area contributed by atoms with Gasteiger partial charge in [0.15, 0.2) is 5.65 Å². The van der Waals surface area contributed by atoms with Gasteiger partial charge in [0.1, 0.15) is 17.9 Å². The maximum absolute atomic E-state index is 5.67. The van der Waals surface area contributed by atoms with Gasteiger partial charge in [-0.3, -0.25) is 9.08 Å². The molecule has 0 N–H and O–H groups in total. The first-order chi connectivity index (χ1) is 12.8. The highest BCUT2D eigenvalue weighted by atomic mass is 16.5. The van der Waals surface area contributed by atoms with Crippen LogP contribution < -0.4 is 4.74 Å². The average Bonchev–Trinajstić information content (AvgIpc) is 3.39. The van der Waals surface area contributed by atoms with Crippen LogP contribution in [0.15, 0.2) is 43.1 Å². The van der Waals surface area contributed by atoms with E-state index in [-0.39, 0.29) is 0 Å². The molecule has 5 rings (SSSR count). The Morgan fingerprint density at radius 2 is 2.15 bits per heavy atom. The van der Waals surface area contributed by atoms with Crippen LogP contribution in [0.25, 0.3) is 16.8 Å². The van der Waals surface area contributed by atoms with E-state index in [2.05, 4.69) is 32.4 Å². The van der Waals surface area contributed by atoms with Crippen molar-refractivity contribution in [2.24, 2.45) is 7.05 Å². The third kappa shape index (κ3) is 2.44. The molecule has 4 heterocycles. The van der Waals surface area contributed by atoms with Gasteiger partial charge in [0.25, 0.3) is 0 Å². The SMILES string of the molecule is Cn1cc(-c2cnc(CCc3cccc4c3CCO4)n3cnnc23)cn1. The molecule has 0 bridgehead atoms. The number of hydrogen-bond acceptors (Lipinski definition) is 5. The molecule has 0 aliphatic carbocycles. The van der Waals surface area contributed by atoms with Gasteiger partial charge >= 0.3 is 0 Å². The topological polar surface area (TPSA) is 70.1 Å². The molecule has 0 radical (unpaired) electrons. The summed E-state index contributed by atoms with van der Waals surface area (Å²) < 4.78 is 9.41. The van der Waals surface area contributed by atoms with Crippen LogP contribution in [0.5, 0.6) is 5.75 Å². The van der Waals surface area contributed by atoms with Gasteiger partial charge in [-0.05, 0) is 18.1 Å². The van der Waals surface area contributed by atoms with Gasteiger partial charge in [0.2, 0.25) is 0 Å². The molecule has 1 aliphatic rings. The van der Waals surface area contributed by atoms with Crippen molar-refractivity contribution in [1.29, 1.82) is 0 Å². The molecule has 1 aromatic carbocycles. The number of nitrogens with zero attached hydrogens (tertiary/aromatic N) is 6. The Kier molecular flexibility index (Phi) is 3.44. The fourth-order valence-corrected chi connectivity index (χ4v) is 3.59. The van der Waals surface area contributed by atoms with E-state index >= 15 is 0 Å². The lowest BCUT2D eigenvalue weighted by atomic mass is 10.0. The fourth-order valence-electron chi connectivity index (χ4n) is 3.59. The van der Waals surface area contributed by atoms with Crippen molar-refractivity contribution >= 4 is 5.65 Å². The molecule has 7 nitrogen and oxygen atoms in total. The largest absolute Gasteiger partial charge is 0.493 e. The van der Waals surface area contributed by atoms with Crippen molar-refractivity contribution in [1.82, 2.24) is 29.4 Å². The summed E-state index contributed by atoms with van der Waals surface area (Å²) in [6, 6.07) is 6.29. The molecule has 0 fully saturated rings. The molecule has 0 saturated heterocycles. The summed E-state index contributed by atoms with van der Waals surface area (Å²) in [6.45, 7) is 0.778. The van der Waals surface area contributed by atoms with Crippen molar-refractivity contribution in [3.63, 3.8) is 0 Å². The lowest BCUT2D eigenvalue weighted by molar-refractivity contribution is 0.357. The molecule has 0 unspecified atom stereocenters. The minimum atomic E-state index is 0.778. The van der Waals surface area contributed by atoms with Gasteiger partial charge < -0.3 is 4.74 Å². The van der Waals surface area contributed by atoms with E-state index in [1.807, 2.05) is 36.1 Å². The fraction of sp³-hybridized carbons (Fsp3) is 0.263. The predicted octanol–water partition coefficient (Wildman–Crippen LogP) is 2.24. The number of aryl methyl sites for hydroxylation is 3. The third-order valence-electron chi connectivity index (χ3n) is 4.88. The van der Waals surface area contributed by atoms with Crippen LogP contribution in [0.2, 0.25) is 0 Å². The van der Waals surface area contributed by atoms with E-state index in [9.17, 15) is 0 Å². The quantitative estimate of drug-likeness (QED) is 0.567. The zero-order valence-corrected chi connectivity index (χ0v) is 14.5. The summed E-state index contributed by atoms with van der Waals surface area (Å²) in [5.41, 5.74) is 5.40. The highest BCUT2D eigenvalue weighted by Crippen LogP contribution is 2.29. The number of aromatic nitrogens is 6. The summed E-state index contributed by atoms with van der Waals surface area (Å²) in [5.74, 6) is 1.98. The lowest BCUT2D eigenvalue weighted by Gasteiger charge is -2.09. The first kappa shape index (κ1) is 15.1. The number of fused-ring (bicyclic) bond motifs is 2. The van der Waals surface area contributed by atoms with Crippen LogP contribution in [0.4, 0.5) is 0 Å². The van der Waals surface area contributed by atoms with Gasteiger partial charge in [0, 0.05) is 49.0 Å². The van der Waals surface area contributed by atoms with E-state index in [4.69, 9.17) is 4.74 Å². The number of hydrogen-bond donors (Lipinski definition) is 0. The molecule has 7 heteroatoms. The van der Waals surface area contributed by atoms with Gasteiger partial charge in [-0.25, -0.2) is 4.98 Å². The van der Waals surface area contributed by atoms with Crippen LogP contribution in [-0.4, -0.2) is 36.0 Å². The Morgan fingerprint density at radius 1 is 1.19 bits per heavy atom. The smallest absolute Gasteiger partial charge is 0.171 e. The Hall–Kier alpha value is -3.22. The molecule has 0 amide bonds. The zero-order valence-electron chi connectivity index (χ0n) is 14.5. The van der Waals surface area contributed by atoms with Gasteiger partial charge in [-0.1, -0.05) is 12.1 Å². The van der Waals surface area contributed by atoms with Crippen LogP contribution in [0, 0.1) is 0 Å². The normalized spacial score (nSPS) is 13.1. The second kappa shape index (κ2) is 5.94. The highest BCUT2D eigenvalue weighted by Gasteiger charge is 2.17. The summed E-state index contributed by atoms with van der Waals surface area (Å²) in [6.07, 6.45) is 10.1. The second-order valence-electron chi connectivity index (χ2n) is 6.51. The first-order valence-electron chi connectivity index (χ1n) is 8.70. The number of rotatable bonds is 4. The summed E-state index contributed by atoms with van der Waals surface area (Å²) in [7, 11) is 1.90. The Labute approximate surface area is 150 Å². The van der Waals surface area contributed by atoms with Crippen molar-refractivity contribution < 1.29 is 4.74 Å². The molecule has 0 spiro atoms. The standard InChI is InChI=1S/C19H18N6O/c1-24-11-14(9-22-24)16-10-20-18(25-12-21-23-19(16)25)6-5-13-3-2-4-17-15(13)7-8-26-17/h2-4,9-12H,5-8H2,1H3. The Bertz CT molecular complexity index is 1100. The molecule has 3 aromatic heterocycles. The molecule has 4 aromatic rings. The van der Waals surface area contributed by atoms with Crippen molar-refractivity contribution in [3.8, 4) is 16.9 Å². The number of benzene rings is 1. The van der Waals surface area contributed by atoms with Gasteiger partial charge in [0.05, 0.1) is 12.8 Å². The highest BCUT2D eigenvalue weighted by molar-refractivity contribution is 5.75. The average molecular weight is 346 g/mol. The molecule has 26 heavy (non-hydrogen) atoms. The molecule has 1 aliphatic heterocycles. The van der Waals surface area contributed by atoms with E-state index in [1.165, 1.54) is 11.1 Å². The lowest BCUT2D eigenvalue weighted by Crippen LogP contribution is -2.04. The minimum Gasteiger partial charge on any atom is -0.493 e. The Morgan fingerprint density at radius 3 is 3.04 bits per heavy atom. The van der Waals surface area contributed by atoms with Crippen LogP contribution in [0.1, 0.15) is 17.0 Å². The molecule has 0 saturated carbocycles. The van der Waals surface area contributed by atoms with E-state index < -0.39 is 0 Å². The number of ether oxygens (including phenoxy) is 1. The second-order valence-corrected chi connectivity index (χ2v) is 6.51. The third-order valence-corrected chi connectivity index (χ3v) is 4.88.